The minimum atomic E-state index is -0.560. The lowest BCUT2D eigenvalue weighted by molar-refractivity contribution is -0.117. The molecule has 0 bridgehead atoms. The molecule has 27 heavy (non-hydrogen) atoms. The molecular weight excluding hydrogens is 342 g/mol. The highest BCUT2D eigenvalue weighted by atomic mass is 16.3. The first-order valence-electron chi connectivity index (χ1n) is 8.56. The molecule has 1 atom stereocenters. The van der Waals surface area contributed by atoms with E-state index in [2.05, 4.69) is 20.5 Å². The van der Waals surface area contributed by atoms with Crippen molar-refractivity contribution < 1.29 is 9.90 Å². The molecule has 0 saturated carbocycles. The maximum atomic E-state index is 12.8. The first-order chi connectivity index (χ1) is 13.2. The number of phenols is 1. The van der Waals surface area contributed by atoms with E-state index in [9.17, 15) is 9.90 Å². The van der Waals surface area contributed by atoms with E-state index in [1.54, 1.807) is 30.5 Å². The summed E-state index contributed by atoms with van der Waals surface area (Å²) in [5.74, 6) is -0.680. The number of H-pyrrole nitrogens is 2. The van der Waals surface area contributed by atoms with Gasteiger partial charge in [0.05, 0.1) is 23.3 Å². The number of aromatic nitrogens is 3. The number of aromatic amines is 2. The Balaban J connectivity index is 1.66. The lowest BCUT2D eigenvalue weighted by Crippen LogP contribution is -2.27. The fraction of sp³-hybridized carbons (Fsp3) is 0.100. The van der Waals surface area contributed by atoms with Crippen LogP contribution in [0.3, 0.4) is 0 Å². The molecule has 0 unspecified atom stereocenters. The summed E-state index contributed by atoms with van der Waals surface area (Å²) in [5.41, 5.74) is 9.96. The Morgan fingerprint density at radius 3 is 2.81 bits per heavy atom. The number of carbonyl (C=O) groups is 1. The summed E-state index contributed by atoms with van der Waals surface area (Å²) in [6, 6.07) is 12.3. The van der Waals surface area contributed by atoms with Gasteiger partial charge in [0.1, 0.15) is 5.75 Å². The van der Waals surface area contributed by atoms with Crippen LogP contribution in [0.2, 0.25) is 0 Å². The SMILES string of the molecule is NC[C@H](C(=O)Nc1cccc2c(-c3cn[nH]c3)c[nH]c12)c1cccc(O)c1. The topological polar surface area (TPSA) is 120 Å². The lowest BCUT2D eigenvalue weighted by atomic mass is 9.98. The number of hydrogen-bond donors (Lipinski definition) is 5. The molecule has 7 nitrogen and oxygen atoms in total. The molecule has 4 rings (SSSR count). The van der Waals surface area contributed by atoms with Crippen LogP contribution in [0.5, 0.6) is 5.75 Å². The maximum Gasteiger partial charge on any atom is 0.233 e. The average Bonchev–Trinajstić information content (AvgIpc) is 3.32. The number of fused-ring (bicyclic) bond motifs is 1. The van der Waals surface area contributed by atoms with Crippen molar-refractivity contribution in [3.8, 4) is 16.9 Å². The van der Waals surface area contributed by atoms with E-state index in [0.29, 0.717) is 11.3 Å². The second kappa shape index (κ2) is 6.97. The van der Waals surface area contributed by atoms with E-state index >= 15 is 0 Å². The third-order valence-corrected chi connectivity index (χ3v) is 4.61. The Labute approximate surface area is 155 Å². The molecule has 4 aromatic rings. The Hall–Kier alpha value is -3.58. The van der Waals surface area contributed by atoms with Gasteiger partial charge < -0.3 is 21.1 Å². The van der Waals surface area contributed by atoms with Crippen LogP contribution in [0.4, 0.5) is 5.69 Å². The van der Waals surface area contributed by atoms with E-state index in [0.717, 1.165) is 22.0 Å². The van der Waals surface area contributed by atoms with E-state index in [1.165, 1.54) is 0 Å². The Morgan fingerprint density at radius 1 is 1.22 bits per heavy atom. The van der Waals surface area contributed by atoms with Crippen molar-refractivity contribution in [2.75, 3.05) is 11.9 Å². The van der Waals surface area contributed by atoms with Gasteiger partial charge in [0.2, 0.25) is 5.91 Å². The van der Waals surface area contributed by atoms with E-state index < -0.39 is 5.92 Å². The number of rotatable bonds is 5. The van der Waals surface area contributed by atoms with Gasteiger partial charge in [-0.25, -0.2) is 0 Å². The largest absolute Gasteiger partial charge is 0.508 e. The van der Waals surface area contributed by atoms with Gasteiger partial charge in [-0.15, -0.1) is 0 Å². The van der Waals surface area contributed by atoms with Gasteiger partial charge in [0.25, 0.3) is 0 Å². The number of nitrogens with two attached hydrogens (primary N) is 1. The first kappa shape index (κ1) is 16.9. The molecule has 6 N–H and O–H groups in total. The van der Waals surface area contributed by atoms with Gasteiger partial charge in [0.15, 0.2) is 0 Å². The van der Waals surface area contributed by atoms with E-state index in [1.807, 2.05) is 30.6 Å². The van der Waals surface area contributed by atoms with E-state index in [-0.39, 0.29) is 18.2 Å². The fourth-order valence-electron chi connectivity index (χ4n) is 3.25. The molecule has 0 radical (unpaired) electrons. The van der Waals surface area contributed by atoms with Gasteiger partial charge in [-0.05, 0) is 23.8 Å². The van der Waals surface area contributed by atoms with E-state index in [4.69, 9.17) is 5.73 Å². The minimum Gasteiger partial charge on any atom is -0.508 e. The highest BCUT2D eigenvalue weighted by Gasteiger charge is 2.21. The summed E-state index contributed by atoms with van der Waals surface area (Å²) in [6.45, 7) is 0.135. The number of hydrogen-bond acceptors (Lipinski definition) is 4. The number of para-hydroxylation sites is 1. The third-order valence-electron chi connectivity index (χ3n) is 4.61. The van der Waals surface area contributed by atoms with Gasteiger partial charge in [-0.2, -0.15) is 5.10 Å². The van der Waals surface area contributed by atoms with Gasteiger partial charge >= 0.3 is 0 Å². The number of amides is 1. The van der Waals surface area contributed by atoms with Crippen molar-refractivity contribution in [2.24, 2.45) is 5.73 Å². The number of nitrogens with zero attached hydrogens (tertiary/aromatic N) is 1. The van der Waals surface area contributed by atoms with Crippen LogP contribution >= 0.6 is 0 Å². The van der Waals surface area contributed by atoms with Crippen LogP contribution in [-0.4, -0.2) is 32.7 Å². The maximum absolute atomic E-state index is 12.8. The monoisotopic (exact) mass is 361 g/mol. The number of phenolic OH excluding ortho intramolecular Hbond substituents is 1. The van der Waals surface area contributed by atoms with Crippen molar-refractivity contribution in [3.05, 3.63) is 66.6 Å². The Kier molecular flexibility index (Phi) is 4.35. The summed E-state index contributed by atoms with van der Waals surface area (Å²) < 4.78 is 0. The van der Waals surface area contributed by atoms with Gasteiger partial charge in [0, 0.05) is 35.5 Å². The molecule has 2 heterocycles. The average molecular weight is 361 g/mol. The summed E-state index contributed by atoms with van der Waals surface area (Å²) in [5, 5.41) is 20.4. The molecule has 2 aromatic heterocycles. The third kappa shape index (κ3) is 3.16. The number of carbonyl (C=O) groups excluding carboxylic acids is 1. The van der Waals surface area contributed by atoms with Crippen molar-refractivity contribution in [1.29, 1.82) is 0 Å². The Bertz CT molecular complexity index is 1080. The van der Waals surface area contributed by atoms with Crippen LogP contribution in [0.15, 0.2) is 61.1 Å². The normalized spacial score (nSPS) is 12.2. The van der Waals surface area contributed by atoms with Crippen LogP contribution in [-0.2, 0) is 4.79 Å². The zero-order valence-electron chi connectivity index (χ0n) is 14.4. The molecule has 0 saturated heterocycles. The number of nitrogens with one attached hydrogen (secondary N) is 3. The zero-order valence-corrected chi connectivity index (χ0v) is 14.4. The standard InChI is InChI=1S/C20H19N5O2/c21-8-16(12-3-1-4-14(26)7-12)20(27)25-18-6-2-5-15-17(11-22-19(15)18)13-9-23-24-10-13/h1-7,9-11,16,22,26H,8,21H2,(H,23,24)(H,25,27)/t16-/m0/s1. The highest BCUT2D eigenvalue weighted by molar-refractivity contribution is 6.07. The van der Waals surface area contributed by atoms with Crippen LogP contribution in [0.25, 0.3) is 22.0 Å². The number of anilines is 1. The second-order valence-electron chi connectivity index (χ2n) is 6.29. The first-order valence-corrected chi connectivity index (χ1v) is 8.56. The molecule has 136 valence electrons. The molecule has 0 fully saturated rings. The number of benzene rings is 2. The smallest absolute Gasteiger partial charge is 0.233 e. The molecule has 0 aliphatic heterocycles. The molecule has 7 heteroatoms. The Morgan fingerprint density at radius 2 is 2.07 bits per heavy atom. The molecule has 2 aromatic carbocycles. The number of aromatic hydroxyl groups is 1. The van der Waals surface area contributed by atoms with Gasteiger partial charge in [-0.3, -0.25) is 9.89 Å². The van der Waals surface area contributed by atoms with Crippen LogP contribution in [0, 0.1) is 0 Å². The summed E-state index contributed by atoms with van der Waals surface area (Å²) in [7, 11) is 0. The fourth-order valence-corrected chi connectivity index (χ4v) is 3.25. The molecule has 0 spiro atoms. The zero-order chi connectivity index (χ0) is 18.8. The highest BCUT2D eigenvalue weighted by Crippen LogP contribution is 2.32. The predicted molar refractivity (Wildman–Crippen MR) is 104 cm³/mol. The van der Waals surface area contributed by atoms with Gasteiger partial charge in [-0.1, -0.05) is 24.3 Å². The molecule has 1 amide bonds. The quantitative estimate of drug-likeness (QED) is 0.375. The summed E-state index contributed by atoms with van der Waals surface area (Å²) in [4.78, 5) is 16.1. The summed E-state index contributed by atoms with van der Waals surface area (Å²) >= 11 is 0. The molecular formula is C20H19N5O2. The summed E-state index contributed by atoms with van der Waals surface area (Å²) in [6.07, 6.45) is 5.46. The van der Waals surface area contributed by atoms with Crippen LogP contribution < -0.4 is 11.1 Å². The van der Waals surface area contributed by atoms with Crippen molar-refractivity contribution in [3.63, 3.8) is 0 Å². The second-order valence-corrected chi connectivity index (χ2v) is 6.29. The lowest BCUT2D eigenvalue weighted by Gasteiger charge is -2.16. The minimum absolute atomic E-state index is 0.106. The van der Waals surface area contributed by atoms with Crippen molar-refractivity contribution in [1.82, 2.24) is 15.2 Å². The van der Waals surface area contributed by atoms with Crippen molar-refractivity contribution >= 4 is 22.5 Å². The predicted octanol–water partition coefficient (Wildman–Crippen LogP) is 2.94. The molecule has 0 aliphatic carbocycles. The van der Waals surface area contributed by atoms with Crippen molar-refractivity contribution in [2.45, 2.75) is 5.92 Å². The van der Waals surface area contributed by atoms with Crippen LogP contribution in [0.1, 0.15) is 11.5 Å². The molecule has 0 aliphatic rings.